The molecule has 7 saturated heterocycles. The third-order valence-corrected chi connectivity index (χ3v) is 19.3. The van der Waals surface area contributed by atoms with Crippen LogP contribution in [0.1, 0.15) is 33.1 Å². The number of hydrogen-bond donors (Lipinski definition) is 31. The van der Waals surface area contributed by atoms with Crippen molar-refractivity contribution in [3.8, 4) is 0 Å². The van der Waals surface area contributed by atoms with E-state index in [4.69, 9.17) is 61.6 Å². The molecule has 4 amide bonds. The Morgan fingerprint density at radius 1 is 0.391 bits per heavy atom. The molecule has 0 spiro atoms. The van der Waals surface area contributed by atoms with Crippen LogP contribution in [0.2, 0.25) is 0 Å². The molecule has 7 aliphatic rings. The van der Waals surface area contributed by atoms with Gasteiger partial charge in [0.1, 0.15) is 166 Å². The predicted octanol–water partition coefficient (Wildman–Crippen LogP) is -20.1. The highest BCUT2D eigenvalue weighted by molar-refractivity contribution is 5.80. The van der Waals surface area contributed by atoms with E-state index >= 15 is 0 Å². The lowest BCUT2D eigenvalue weighted by atomic mass is 9.87. The normalized spacial score (nSPS) is 42.8. The van der Waals surface area contributed by atoms with E-state index in [1.807, 2.05) is 10.6 Å². The molecule has 31 N–H and O–H groups in total. The number of aliphatic hydroxyl groups is 24. The molecule has 0 aliphatic carbocycles. The molecule has 0 aromatic carbocycles. The van der Waals surface area contributed by atoms with Gasteiger partial charge in [-0.15, -0.1) is 0 Å². The highest BCUT2D eigenvalue weighted by Gasteiger charge is 2.66. The zero-order chi connectivity index (χ0) is 82.3. The number of aliphatic carboxylic acids is 3. The van der Waals surface area contributed by atoms with Crippen LogP contribution in [0.3, 0.4) is 0 Å². The van der Waals surface area contributed by atoms with E-state index < -0.39 is 352 Å². The van der Waals surface area contributed by atoms with Crippen LogP contribution in [-0.2, 0) is 95.1 Å². The fourth-order valence-electron chi connectivity index (χ4n) is 13.7. The van der Waals surface area contributed by atoms with E-state index in [2.05, 4.69) is 10.6 Å². The molecule has 0 unspecified atom stereocenters. The standard InChI is InChI=1S/C59H96N4O47/c1-15(73)60-29-17(75)4-58(55(94)95,107-45(29)33(82)20(78)6-64)109-48-36(85)23(9-67)100-52(40(48)89)104-44-32(61-16(2)74)51(99-22(8-66)35(44)84)103-43-26(12-70)101-53(102-42-25(11-69)98-50(91)39(88)38(42)87)41(90)49(43)110-59(56(96)97)5-19(77)31(63-28(81)14-72)47(108-59)37(86)24(10-68)105-57(54(92)93)3-18(76)30(62-27(80)13-71)46(106-57)34(83)21(79)7-65/h17-26,29-53,64-72,75-79,82-91H,3-14H2,1-2H3,(H,60,73)(H,61,74)(H,62,80)(H,63,81)(H,92,93)(H,94,95)(H,96,97)/t17-,18-,19-,20+,21+,22+,23+,24+,25+,26+,29+,30+,31+,32+,33+,34+,35-,36-,37+,38+,39+,40+,41+,42+,43-,44+,45+,46+,47+,48-,49+,50+,51-,52-,53-,57+,58-,59-/m0/s1. The minimum atomic E-state index is -3.84. The number of aliphatic hydroxyl groups excluding tert-OH is 24. The number of hydrogen-bond acceptors (Lipinski definition) is 44. The van der Waals surface area contributed by atoms with Gasteiger partial charge in [-0.3, -0.25) is 19.2 Å². The van der Waals surface area contributed by atoms with Crippen LogP contribution in [0.15, 0.2) is 0 Å². The number of carbonyl (C=O) groups excluding carboxylic acids is 4. The molecule has 0 aromatic rings. The van der Waals surface area contributed by atoms with Gasteiger partial charge in [-0.05, 0) is 0 Å². The Bertz CT molecular complexity index is 3050. The first kappa shape index (κ1) is 92.0. The Morgan fingerprint density at radius 3 is 1.18 bits per heavy atom. The maximum absolute atomic E-state index is 14.2. The molecule has 38 atom stereocenters. The third-order valence-electron chi connectivity index (χ3n) is 19.3. The van der Waals surface area contributed by atoms with E-state index in [1.165, 1.54) is 0 Å². The maximum Gasteiger partial charge on any atom is 0.364 e. The molecule has 7 rings (SSSR count). The summed E-state index contributed by atoms with van der Waals surface area (Å²) in [6.07, 6.45) is -79.6. The van der Waals surface area contributed by atoms with Crippen molar-refractivity contribution < 1.29 is 233 Å². The van der Waals surface area contributed by atoms with E-state index in [-0.39, 0.29) is 0 Å². The zero-order valence-corrected chi connectivity index (χ0v) is 57.9. The second kappa shape index (κ2) is 39.0. The number of amides is 4. The zero-order valence-electron chi connectivity index (χ0n) is 57.9. The van der Waals surface area contributed by atoms with Gasteiger partial charge in [0.05, 0.1) is 82.7 Å². The fraction of sp³-hybridized carbons (Fsp3) is 0.881. The monoisotopic (exact) mass is 1610 g/mol. The van der Waals surface area contributed by atoms with Crippen molar-refractivity contribution in [3.05, 3.63) is 0 Å². The summed E-state index contributed by atoms with van der Waals surface area (Å²) >= 11 is 0. The molecule has 110 heavy (non-hydrogen) atoms. The molecule has 0 radical (unpaired) electrons. The van der Waals surface area contributed by atoms with Crippen molar-refractivity contribution in [2.45, 2.75) is 265 Å². The molecule has 7 fully saturated rings. The van der Waals surface area contributed by atoms with Crippen molar-refractivity contribution in [2.75, 3.05) is 59.5 Å². The molecule has 7 aliphatic heterocycles. The van der Waals surface area contributed by atoms with Gasteiger partial charge in [0.2, 0.25) is 23.6 Å². The first-order valence-electron chi connectivity index (χ1n) is 33.8. The summed E-state index contributed by atoms with van der Waals surface area (Å²) in [5.74, 6) is -22.6. The quantitative estimate of drug-likeness (QED) is 0.0284. The fourth-order valence-corrected chi connectivity index (χ4v) is 13.7. The van der Waals surface area contributed by atoms with Crippen molar-refractivity contribution in [1.82, 2.24) is 21.3 Å². The van der Waals surface area contributed by atoms with Crippen molar-refractivity contribution >= 4 is 41.5 Å². The summed E-state index contributed by atoms with van der Waals surface area (Å²) in [7, 11) is 0. The summed E-state index contributed by atoms with van der Waals surface area (Å²) < 4.78 is 75.4. The minimum Gasteiger partial charge on any atom is -0.477 e. The van der Waals surface area contributed by atoms with E-state index in [0.29, 0.717) is 0 Å². The van der Waals surface area contributed by atoms with Gasteiger partial charge in [0.15, 0.2) is 25.2 Å². The molecule has 51 heteroatoms. The van der Waals surface area contributed by atoms with Crippen LogP contribution in [-0.4, -0.2) is 470 Å². The molecule has 0 saturated carbocycles. The highest BCUT2D eigenvalue weighted by Crippen LogP contribution is 2.44. The van der Waals surface area contributed by atoms with Crippen molar-refractivity contribution in [2.24, 2.45) is 0 Å². The third kappa shape index (κ3) is 19.8. The SMILES string of the molecule is CC(=O)N[C@H]1[C@H](O[C@@H]2[C@H](O[C@]3(C(=O)O)C[C@H](O)[C@@H](NC(=O)CO)[C@H]([C@H](O)[C@@H](CO)O[C@]4(C(=O)O)C[C@H](O)[C@@H](NC(=O)CO)[C@H]([C@H](O)[C@H](O)CO)O4)O3)[C@@H](O)[C@H](O[C@H]3[C@H](O)[C@@H](O)[C@H](O)O[C@@H]3CO)O[C@@H]2CO)O[C@H](CO)[C@H](O)[C@@H]1O[C@@H]1O[C@H](CO)[C@H](O)[C@H](O[C@]2(C(=O)O)C[C@H](O)[C@@H](NC(C)=O)[C@H]([C@H](O)[C@H](O)CO)O2)[C@H]1O. The molecule has 0 aromatic heterocycles. The van der Waals surface area contributed by atoms with Gasteiger partial charge in [-0.25, -0.2) is 14.4 Å². The second-order valence-electron chi connectivity index (χ2n) is 26.8. The molecular weight excluding hydrogens is 1520 g/mol. The topological polar surface area (TPSA) is 834 Å². The number of carboxylic acids is 3. The number of carbonyl (C=O) groups is 7. The van der Waals surface area contributed by atoms with Crippen LogP contribution in [0.5, 0.6) is 0 Å². The van der Waals surface area contributed by atoms with Gasteiger partial charge in [0.25, 0.3) is 17.4 Å². The number of carboxylic acid groups (broad SMARTS) is 3. The first-order valence-corrected chi connectivity index (χ1v) is 33.8. The van der Waals surface area contributed by atoms with Crippen molar-refractivity contribution in [3.63, 3.8) is 0 Å². The number of ether oxygens (including phenoxy) is 13. The van der Waals surface area contributed by atoms with Gasteiger partial charge in [-0.2, -0.15) is 0 Å². The first-order chi connectivity index (χ1) is 51.7. The summed E-state index contributed by atoms with van der Waals surface area (Å²) in [4.78, 5) is 91.9. The lowest BCUT2D eigenvalue weighted by molar-refractivity contribution is -0.405. The van der Waals surface area contributed by atoms with Crippen LogP contribution < -0.4 is 21.3 Å². The molecule has 0 bridgehead atoms. The van der Waals surface area contributed by atoms with Crippen LogP contribution >= 0.6 is 0 Å². The average molecular weight is 1610 g/mol. The summed E-state index contributed by atoms with van der Waals surface area (Å²) in [5, 5.41) is 305. The Hall–Kier alpha value is -5.19. The molecular formula is C59H96N4O47. The Morgan fingerprint density at radius 2 is 0.755 bits per heavy atom. The van der Waals surface area contributed by atoms with E-state index in [1.54, 1.807) is 0 Å². The number of rotatable bonds is 34. The summed E-state index contributed by atoms with van der Waals surface area (Å²) in [6.45, 7) is -10.7. The summed E-state index contributed by atoms with van der Waals surface area (Å²) in [6, 6.07) is -8.41. The van der Waals surface area contributed by atoms with Gasteiger partial charge in [0, 0.05) is 33.1 Å². The van der Waals surface area contributed by atoms with Gasteiger partial charge in [-0.1, -0.05) is 0 Å². The molecule has 634 valence electrons. The predicted molar refractivity (Wildman–Crippen MR) is 333 cm³/mol. The average Bonchev–Trinajstić information content (AvgIpc) is 0.753. The van der Waals surface area contributed by atoms with Crippen LogP contribution in [0, 0.1) is 0 Å². The lowest BCUT2D eigenvalue weighted by Gasteiger charge is -2.53. The van der Waals surface area contributed by atoms with E-state index in [9.17, 15) is 171 Å². The number of nitrogens with one attached hydrogen (secondary N) is 4. The van der Waals surface area contributed by atoms with Crippen molar-refractivity contribution in [1.29, 1.82) is 0 Å². The Kier molecular flexibility index (Phi) is 32.6. The molecule has 7 heterocycles. The second-order valence-corrected chi connectivity index (χ2v) is 26.8. The lowest BCUT2D eigenvalue weighted by Crippen LogP contribution is -2.73. The van der Waals surface area contributed by atoms with Gasteiger partial charge >= 0.3 is 17.9 Å². The molecule has 51 nitrogen and oxygen atoms in total. The van der Waals surface area contributed by atoms with E-state index in [0.717, 1.165) is 13.8 Å². The Balaban J connectivity index is 1.32. The smallest absolute Gasteiger partial charge is 0.364 e. The summed E-state index contributed by atoms with van der Waals surface area (Å²) in [5.41, 5.74) is 0. The maximum atomic E-state index is 14.2. The van der Waals surface area contributed by atoms with Crippen LogP contribution in [0.4, 0.5) is 0 Å². The van der Waals surface area contributed by atoms with Crippen LogP contribution in [0.25, 0.3) is 0 Å². The Labute approximate surface area is 618 Å². The van der Waals surface area contributed by atoms with Gasteiger partial charge < -0.3 is 221 Å². The largest absolute Gasteiger partial charge is 0.477 e. The minimum absolute atomic E-state index is 0.791. The highest BCUT2D eigenvalue weighted by atomic mass is 16.8.